The van der Waals surface area contributed by atoms with Crippen molar-refractivity contribution in [3.63, 3.8) is 0 Å². The van der Waals surface area contributed by atoms with E-state index in [0.717, 1.165) is 5.92 Å². The van der Waals surface area contributed by atoms with Crippen molar-refractivity contribution >= 4 is 12.6 Å². The molecule has 0 saturated heterocycles. The minimum absolute atomic E-state index is 0. The first-order valence-electron chi connectivity index (χ1n) is 3.47. The number of thiol groups is 1. The van der Waals surface area contributed by atoms with E-state index in [9.17, 15) is 0 Å². The van der Waals surface area contributed by atoms with Crippen LogP contribution in [0, 0.1) is 5.92 Å². The summed E-state index contributed by atoms with van der Waals surface area (Å²) in [5.74, 6) is 0.971. The molecular formula is C7H15LiS. The van der Waals surface area contributed by atoms with Crippen molar-refractivity contribution in [1.29, 1.82) is 0 Å². The minimum Gasteiger partial charge on any atom is -1.00 e. The molecule has 0 atom stereocenters. The summed E-state index contributed by atoms with van der Waals surface area (Å²) in [7, 11) is 0. The minimum atomic E-state index is 0. The molecule has 0 aromatic rings. The van der Waals surface area contributed by atoms with Crippen molar-refractivity contribution in [2.24, 2.45) is 5.92 Å². The molecule has 50 valence electrons. The molecule has 1 aliphatic carbocycles. The van der Waals surface area contributed by atoms with Gasteiger partial charge in [0.05, 0.1) is 0 Å². The molecule has 0 nitrogen and oxygen atoms in total. The second-order valence-electron chi connectivity index (χ2n) is 2.91. The van der Waals surface area contributed by atoms with Gasteiger partial charge in [0, 0.05) is 5.25 Å². The Labute approximate surface area is 76.9 Å². The quantitative estimate of drug-likeness (QED) is 0.342. The van der Waals surface area contributed by atoms with Gasteiger partial charge in [-0.15, -0.1) is 0 Å². The van der Waals surface area contributed by atoms with Gasteiger partial charge in [0.1, 0.15) is 0 Å². The Bertz CT molecular complexity index is 62.0. The zero-order valence-electron chi connectivity index (χ0n) is 7.43. The Balaban J connectivity index is 0. The molecule has 0 unspecified atom stereocenters. The normalized spacial score (nSPS) is 35.3. The maximum Gasteiger partial charge on any atom is 1.00 e. The average molecular weight is 138 g/mol. The fraction of sp³-hybridized carbons (Fsp3) is 1.00. The number of hydrogen-bond acceptors (Lipinski definition) is 1. The van der Waals surface area contributed by atoms with Crippen LogP contribution in [0.25, 0.3) is 0 Å². The molecule has 0 aromatic heterocycles. The molecular weight excluding hydrogens is 123 g/mol. The Morgan fingerprint density at radius 3 is 2.00 bits per heavy atom. The molecule has 0 spiro atoms. The maximum absolute atomic E-state index is 4.40. The predicted molar refractivity (Wildman–Crippen MR) is 41.5 cm³/mol. The van der Waals surface area contributed by atoms with Crippen LogP contribution >= 0.6 is 12.6 Å². The molecule has 1 saturated carbocycles. The van der Waals surface area contributed by atoms with Gasteiger partial charge in [-0.1, -0.05) is 6.92 Å². The molecule has 2 heteroatoms. The summed E-state index contributed by atoms with van der Waals surface area (Å²) >= 11 is 4.40. The van der Waals surface area contributed by atoms with E-state index in [-0.39, 0.29) is 20.3 Å². The van der Waals surface area contributed by atoms with Gasteiger partial charge in [-0.25, -0.2) is 0 Å². The first kappa shape index (κ1) is 9.95. The summed E-state index contributed by atoms with van der Waals surface area (Å²) < 4.78 is 0. The maximum atomic E-state index is 4.40. The zero-order chi connectivity index (χ0) is 5.98. The summed E-state index contributed by atoms with van der Waals surface area (Å²) in [5, 5.41) is 0.714. The summed E-state index contributed by atoms with van der Waals surface area (Å²) in [4.78, 5) is 0. The van der Waals surface area contributed by atoms with E-state index in [1.807, 2.05) is 0 Å². The molecule has 0 heterocycles. The van der Waals surface area contributed by atoms with Gasteiger partial charge in [0.25, 0.3) is 0 Å². The smallest absolute Gasteiger partial charge is 1.00 e. The molecule has 1 rings (SSSR count). The molecule has 0 amide bonds. The summed E-state index contributed by atoms with van der Waals surface area (Å²) in [6, 6.07) is 0. The Hall–Kier alpha value is 0.947. The number of rotatable bonds is 0. The number of hydrogen-bond donors (Lipinski definition) is 1. The Kier molecular flexibility index (Phi) is 5.21. The molecule has 1 fully saturated rings. The van der Waals surface area contributed by atoms with E-state index < -0.39 is 0 Å². The van der Waals surface area contributed by atoms with E-state index in [2.05, 4.69) is 19.6 Å². The van der Waals surface area contributed by atoms with Crippen molar-refractivity contribution in [3.05, 3.63) is 0 Å². The van der Waals surface area contributed by atoms with Crippen molar-refractivity contribution in [2.45, 2.75) is 37.9 Å². The predicted octanol–water partition coefficient (Wildman–Crippen LogP) is -0.389. The van der Waals surface area contributed by atoms with Crippen LogP contribution in [0.4, 0.5) is 0 Å². The van der Waals surface area contributed by atoms with Gasteiger partial charge in [0.15, 0.2) is 0 Å². The summed E-state index contributed by atoms with van der Waals surface area (Å²) in [5.41, 5.74) is 0. The Morgan fingerprint density at radius 1 is 1.22 bits per heavy atom. The SMILES string of the molecule is CC1CCC(S)CC1.[H-].[Li+]. The van der Waals surface area contributed by atoms with Gasteiger partial charge in [-0.3, -0.25) is 0 Å². The summed E-state index contributed by atoms with van der Waals surface area (Å²) in [6.45, 7) is 2.33. The molecule has 0 bridgehead atoms. The van der Waals surface area contributed by atoms with E-state index >= 15 is 0 Å². The fourth-order valence-corrected chi connectivity index (χ4v) is 1.54. The van der Waals surface area contributed by atoms with Crippen LogP contribution in [-0.4, -0.2) is 5.25 Å². The zero-order valence-corrected chi connectivity index (χ0v) is 7.32. The van der Waals surface area contributed by atoms with Crippen LogP contribution in [0.15, 0.2) is 0 Å². The third-order valence-corrected chi connectivity index (χ3v) is 2.50. The van der Waals surface area contributed by atoms with E-state index in [0.29, 0.717) is 5.25 Å². The molecule has 1 aliphatic rings. The van der Waals surface area contributed by atoms with Gasteiger partial charge < -0.3 is 1.43 Å². The monoisotopic (exact) mass is 138 g/mol. The van der Waals surface area contributed by atoms with Crippen molar-refractivity contribution in [2.75, 3.05) is 0 Å². The van der Waals surface area contributed by atoms with Crippen molar-refractivity contribution in [1.82, 2.24) is 0 Å². The van der Waals surface area contributed by atoms with E-state index in [1.165, 1.54) is 25.7 Å². The molecule has 0 aromatic carbocycles. The average Bonchev–Trinajstić information content (AvgIpc) is 1.77. The van der Waals surface area contributed by atoms with Gasteiger partial charge in [-0.05, 0) is 31.6 Å². The first-order chi connectivity index (χ1) is 3.79. The van der Waals surface area contributed by atoms with Crippen LogP contribution in [0.2, 0.25) is 0 Å². The van der Waals surface area contributed by atoms with Crippen LogP contribution in [0.5, 0.6) is 0 Å². The molecule has 0 radical (unpaired) electrons. The summed E-state index contributed by atoms with van der Waals surface area (Å²) in [6.07, 6.45) is 5.47. The van der Waals surface area contributed by atoms with Gasteiger partial charge in [0.2, 0.25) is 0 Å². The Morgan fingerprint density at radius 2 is 1.67 bits per heavy atom. The van der Waals surface area contributed by atoms with E-state index in [4.69, 9.17) is 0 Å². The molecule has 9 heavy (non-hydrogen) atoms. The largest absolute Gasteiger partial charge is 1.00 e. The van der Waals surface area contributed by atoms with Crippen LogP contribution < -0.4 is 18.9 Å². The third-order valence-electron chi connectivity index (χ3n) is 1.99. The van der Waals surface area contributed by atoms with Crippen LogP contribution in [0.3, 0.4) is 0 Å². The van der Waals surface area contributed by atoms with Crippen LogP contribution in [0.1, 0.15) is 34.0 Å². The van der Waals surface area contributed by atoms with Crippen molar-refractivity contribution < 1.29 is 20.3 Å². The molecule has 0 aliphatic heterocycles. The van der Waals surface area contributed by atoms with E-state index in [1.54, 1.807) is 0 Å². The standard InChI is InChI=1S/C7H14S.Li.H/c1-6-2-4-7(8)5-3-6;;/h6-8H,2-5H2,1H3;;/q;+1;-1. The van der Waals surface area contributed by atoms with Crippen LogP contribution in [-0.2, 0) is 0 Å². The first-order valence-corrected chi connectivity index (χ1v) is 3.98. The third kappa shape index (κ3) is 3.60. The van der Waals surface area contributed by atoms with Gasteiger partial charge in [-0.2, -0.15) is 12.6 Å². The van der Waals surface area contributed by atoms with Crippen molar-refractivity contribution in [3.8, 4) is 0 Å². The van der Waals surface area contributed by atoms with Gasteiger partial charge >= 0.3 is 18.9 Å². The molecule has 0 N–H and O–H groups in total. The second kappa shape index (κ2) is 4.72. The topological polar surface area (TPSA) is 0 Å². The fourth-order valence-electron chi connectivity index (χ4n) is 1.24. The second-order valence-corrected chi connectivity index (χ2v) is 3.64.